The molecule has 5 heteroatoms. The number of hydrogen-bond donors (Lipinski definition) is 1. The summed E-state index contributed by atoms with van der Waals surface area (Å²) < 4.78 is 0. The highest BCUT2D eigenvalue weighted by atomic mass is 16.3. The first-order valence-electron chi connectivity index (χ1n) is 4.52. The Morgan fingerprint density at radius 1 is 1.38 bits per heavy atom. The van der Waals surface area contributed by atoms with E-state index in [1.807, 2.05) is 0 Å². The van der Waals surface area contributed by atoms with E-state index in [0.29, 0.717) is 18.2 Å². The van der Waals surface area contributed by atoms with Gasteiger partial charge in [-0.15, -0.1) is 10.2 Å². The molecule has 0 saturated carbocycles. The molecule has 0 radical (unpaired) electrons. The zero-order chi connectivity index (χ0) is 9.84. The molecule has 0 fully saturated rings. The van der Waals surface area contributed by atoms with Crippen LogP contribution in [0.5, 0.6) is 0 Å². The van der Waals surface area contributed by atoms with Crippen LogP contribution in [0.2, 0.25) is 0 Å². The quantitative estimate of drug-likeness (QED) is 0.728. The second-order valence-corrected chi connectivity index (χ2v) is 3.71. The molecule has 0 aliphatic carbocycles. The van der Waals surface area contributed by atoms with Gasteiger partial charge < -0.3 is 5.11 Å². The highest BCUT2D eigenvalue weighted by molar-refractivity contribution is 4.79. The first-order chi connectivity index (χ1) is 6.08. The summed E-state index contributed by atoms with van der Waals surface area (Å²) in [5.41, 5.74) is 0. The van der Waals surface area contributed by atoms with Crippen LogP contribution in [0.1, 0.15) is 26.6 Å². The van der Waals surface area contributed by atoms with E-state index < -0.39 is 6.10 Å². The third-order valence-corrected chi connectivity index (χ3v) is 1.50. The van der Waals surface area contributed by atoms with Crippen LogP contribution in [-0.4, -0.2) is 31.4 Å². The fourth-order valence-electron chi connectivity index (χ4n) is 1.03. The number of aliphatic hydroxyl groups excluding tert-OH is 1. The lowest BCUT2D eigenvalue weighted by Gasteiger charge is -2.00. The Balaban J connectivity index is 2.53. The lowest BCUT2D eigenvalue weighted by atomic mass is 10.2. The smallest absolute Gasteiger partial charge is 0.177 e. The van der Waals surface area contributed by atoms with Crippen LogP contribution in [0, 0.1) is 5.92 Å². The molecule has 1 N–H and O–H groups in total. The zero-order valence-corrected chi connectivity index (χ0v) is 8.30. The SMILES string of the molecule is CC(C)Cn1nnc(CC(C)O)n1. The monoisotopic (exact) mass is 184 g/mol. The Morgan fingerprint density at radius 2 is 2.08 bits per heavy atom. The number of hydrogen-bond acceptors (Lipinski definition) is 4. The van der Waals surface area contributed by atoms with E-state index in [9.17, 15) is 0 Å². The van der Waals surface area contributed by atoms with Gasteiger partial charge in [0.25, 0.3) is 0 Å². The van der Waals surface area contributed by atoms with Gasteiger partial charge in [0.2, 0.25) is 0 Å². The molecule has 1 atom stereocenters. The summed E-state index contributed by atoms with van der Waals surface area (Å²) in [7, 11) is 0. The lowest BCUT2D eigenvalue weighted by molar-refractivity contribution is 0.192. The van der Waals surface area contributed by atoms with Crippen molar-refractivity contribution in [3.05, 3.63) is 5.82 Å². The largest absolute Gasteiger partial charge is 0.393 e. The molecule has 13 heavy (non-hydrogen) atoms. The summed E-state index contributed by atoms with van der Waals surface area (Å²) in [6, 6.07) is 0. The second-order valence-electron chi connectivity index (χ2n) is 3.71. The van der Waals surface area contributed by atoms with Crippen molar-refractivity contribution in [1.29, 1.82) is 0 Å². The van der Waals surface area contributed by atoms with Gasteiger partial charge in [0.1, 0.15) is 0 Å². The van der Waals surface area contributed by atoms with E-state index in [1.54, 1.807) is 11.7 Å². The maximum Gasteiger partial charge on any atom is 0.177 e. The van der Waals surface area contributed by atoms with E-state index in [-0.39, 0.29) is 0 Å². The summed E-state index contributed by atoms with van der Waals surface area (Å²) in [4.78, 5) is 1.57. The molecule has 0 aromatic carbocycles. The van der Waals surface area contributed by atoms with Gasteiger partial charge in [-0.2, -0.15) is 4.80 Å². The predicted octanol–water partition coefficient (Wildman–Crippen LogP) is 0.252. The minimum atomic E-state index is -0.406. The molecule has 0 bridgehead atoms. The van der Waals surface area contributed by atoms with Crippen LogP contribution < -0.4 is 0 Å². The van der Waals surface area contributed by atoms with E-state index in [1.165, 1.54) is 0 Å². The third-order valence-electron chi connectivity index (χ3n) is 1.50. The number of aromatic nitrogens is 4. The van der Waals surface area contributed by atoms with Crippen LogP contribution in [0.15, 0.2) is 0 Å². The predicted molar refractivity (Wildman–Crippen MR) is 48.0 cm³/mol. The Bertz CT molecular complexity index is 232. The van der Waals surface area contributed by atoms with Crippen LogP contribution in [-0.2, 0) is 13.0 Å². The molecule has 1 aromatic heterocycles. The third kappa shape index (κ3) is 3.50. The first-order valence-corrected chi connectivity index (χ1v) is 4.52. The fourth-order valence-corrected chi connectivity index (χ4v) is 1.03. The van der Waals surface area contributed by atoms with Crippen LogP contribution in [0.25, 0.3) is 0 Å². The van der Waals surface area contributed by atoms with Gasteiger partial charge in [-0.05, 0) is 18.1 Å². The number of nitrogens with zero attached hydrogens (tertiary/aromatic N) is 4. The molecule has 5 nitrogen and oxygen atoms in total. The summed E-state index contributed by atoms with van der Waals surface area (Å²) in [6.07, 6.45) is 0.0645. The Kier molecular flexibility index (Phi) is 3.36. The fraction of sp³-hybridized carbons (Fsp3) is 0.875. The maximum absolute atomic E-state index is 9.08. The molecule has 0 amide bonds. The lowest BCUT2D eigenvalue weighted by Crippen LogP contribution is -2.09. The Morgan fingerprint density at radius 3 is 2.62 bits per heavy atom. The second kappa shape index (κ2) is 4.32. The summed E-state index contributed by atoms with van der Waals surface area (Å²) in [5, 5.41) is 20.9. The van der Waals surface area contributed by atoms with Crippen molar-refractivity contribution in [3.8, 4) is 0 Å². The van der Waals surface area contributed by atoms with Crippen molar-refractivity contribution in [2.75, 3.05) is 0 Å². The molecule has 1 unspecified atom stereocenters. The molecule has 0 spiro atoms. The van der Waals surface area contributed by atoms with Gasteiger partial charge in [-0.3, -0.25) is 0 Å². The van der Waals surface area contributed by atoms with Gasteiger partial charge in [0.05, 0.1) is 12.6 Å². The molecular weight excluding hydrogens is 168 g/mol. The highest BCUT2D eigenvalue weighted by Gasteiger charge is 2.06. The highest BCUT2D eigenvalue weighted by Crippen LogP contribution is 1.97. The Hall–Kier alpha value is -0.970. The van der Waals surface area contributed by atoms with Gasteiger partial charge in [0, 0.05) is 6.42 Å². The molecule has 0 aliphatic heterocycles. The van der Waals surface area contributed by atoms with Crippen LogP contribution in [0.4, 0.5) is 0 Å². The Labute approximate surface area is 77.8 Å². The van der Waals surface area contributed by atoms with Crippen LogP contribution in [0.3, 0.4) is 0 Å². The van der Waals surface area contributed by atoms with Crippen molar-refractivity contribution in [3.63, 3.8) is 0 Å². The summed E-state index contributed by atoms with van der Waals surface area (Å²) in [5.74, 6) is 1.12. The molecule has 74 valence electrons. The zero-order valence-electron chi connectivity index (χ0n) is 8.30. The normalized spacial score (nSPS) is 13.6. The molecule has 1 aromatic rings. The molecule has 1 heterocycles. The molecule has 0 saturated heterocycles. The van der Waals surface area contributed by atoms with E-state index in [2.05, 4.69) is 29.3 Å². The van der Waals surface area contributed by atoms with E-state index in [0.717, 1.165) is 6.54 Å². The maximum atomic E-state index is 9.08. The van der Waals surface area contributed by atoms with Gasteiger partial charge in [-0.1, -0.05) is 13.8 Å². The first kappa shape index (κ1) is 10.1. The topological polar surface area (TPSA) is 63.8 Å². The standard InChI is InChI=1S/C8H16N4O/c1-6(2)5-12-10-8(9-11-12)4-7(3)13/h6-7,13H,4-5H2,1-3H3. The average molecular weight is 184 g/mol. The van der Waals surface area contributed by atoms with Crippen molar-refractivity contribution in [2.24, 2.45) is 5.92 Å². The molecular formula is C8H16N4O. The molecule has 0 aliphatic rings. The number of tetrazole rings is 1. The number of aliphatic hydroxyl groups is 1. The van der Waals surface area contributed by atoms with Crippen molar-refractivity contribution < 1.29 is 5.11 Å². The minimum absolute atomic E-state index is 0.406. The van der Waals surface area contributed by atoms with Crippen molar-refractivity contribution in [1.82, 2.24) is 20.2 Å². The summed E-state index contributed by atoms with van der Waals surface area (Å²) >= 11 is 0. The van der Waals surface area contributed by atoms with Crippen LogP contribution >= 0.6 is 0 Å². The number of rotatable bonds is 4. The van der Waals surface area contributed by atoms with Gasteiger partial charge in [0.15, 0.2) is 5.82 Å². The van der Waals surface area contributed by atoms with Crippen molar-refractivity contribution in [2.45, 2.75) is 39.8 Å². The van der Waals surface area contributed by atoms with Crippen molar-refractivity contribution >= 4 is 0 Å². The average Bonchev–Trinajstić information content (AvgIpc) is 2.33. The molecule has 1 rings (SSSR count). The van der Waals surface area contributed by atoms with E-state index >= 15 is 0 Å². The minimum Gasteiger partial charge on any atom is -0.393 e. The van der Waals surface area contributed by atoms with E-state index in [4.69, 9.17) is 5.11 Å². The van der Waals surface area contributed by atoms with Gasteiger partial charge in [-0.25, -0.2) is 0 Å². The summed E-state index contributed by atoms with van der Waals surface area (Å²) in [6.45, 7) is 6.67. The van der Waals surface area contributed by atoms with Gasteiger partial charge >= 0.3 is 0 Å².